The highest BCUT2D eigenvalue weighted by atomic mass is 16.5. The number of hydrogen-bond acceptors (Lipinski definition) is 2. The van der Waals surface area contributed by atoms with E-state index in [1.54, 1.807) is 18.2 Å². The van der Waals surface area contributed by atoms with Gasteiger partial charge in [0.15, 0.2) is 0 Å². The van der Waals surface area contributed by atoms with Crippen LogP contribution in [0, 0.1) is 0 Å². The van der Waals surface area contributed by atoms with Crippen LogP contribution in [-0.4, -0.2) is 17.8 Å². The number of hydrogen-bond donors (Lipinski definition) is 2. The molecule has 0 heterocycles. The summed E-state index contributed by atoms with van der Waals surface area (Å²) >= 11 is 0. The van der Waals surface area contributed by atoms with E-state index in [1.807, 2.05) is 6.07 Å². The normalized spacial score (nSPS) is 10.1. The molecule has 0 aromatic heterocycles. The van der Waals surface area contributed by atoms with Crippen LogP contribution in [0.3, 0.4) is 0 Å². The molecule has 0 saturated heterocycles. The van der Waals surface area contributed by atoms with Crippen LogP contribution in [0.1, 0.15) is 39.0 Å². The molecule has 2 N–H and O–H groups in total. The summed E-state index contributed by atoms with van der Waals surface area (Å²) in [6.45, 7) is 2.81. The topological polar surface area (TPSA) is 58.6 Å². The van der Waals surface area contributed by atoms with Crippen molar-refractivity contribution in [2.24, 2.45) is 0 Å². The maximum absolute atomic E-state index is 10.6. The fourth-order valence-electron chi connectivity index (χ4n) is 1.70. The van der Waals surface area contributed by atoms with E-state index in [0.717, 1.165) is 12.8 Å². The highest BCUT2D eigenvalue weighted by Gasteiger charge is 2.05. The molecule has 0 aliphatic carbocycles. The molecule has 0 atom stereocenters. The van der Waals surface area contributed by atoms with Crippen LogP contribution < -0.4 is 10.1 Å². The highest BCUT2D eigenvalue weighted by Crippen LogP contribution is 2.23. The molecule has 0 spiro atoms. The second-order valence-electron chi connectivity index (χ2n) is 4.19. The van der Waals surface area contributed by atoms with Gasteiger partial charge in [-0.1, -0.05) is 44.7 Å². The first-order chi connectivity index (χ1) is 8.74. The van der Waals surface area contributed by atoms with E-state index >= 15 is 0 Å². The molecule has 0 saturated carbocycles. The summed E-state index contributed by atoms with van der Waals surface area (Å²) in [4.78, 5) is 10.6. The Labute approximate surface area is 108 Å². The number of carbonyl (C=O) groups is 1. The predicted octanol–water partition coefficient (Wildman–Crippen LogP) is 4.13. The van der Waals surface area contributed by atoms with E-state index in [0.29, 0.717) is 18.0 Å². The second-order valence-corrected chi connectivity index (χ2v) is 4.19. The average Bonchev–Trinajstić information content (AvgIpc) is 2.35. The van der Waals surface area contributed by atoms with Crippen molar-refractivity contribution in [3.63, 3.8) is 0 Å². The Morgan fingerprint density at radius 2 is 1.94 bits per heavy atom. The molecule has 0 aliphatic heterocycles. The first kappa shape index (κ1) is 14.4. The zero-order valence-electron chi connectivity index (χ0n) is 10.8. The molecule has 1 amide bonds. The van der Waals surface area contributed by atoms with E-state index in [-0.39, 0.29) is 0 Å². The molecule has 0 radical (unpaired) electrons. The van der Waals surface area contributed by atoms with Gasteiger partial charge in [0.1, 0.15) is 5.75 Å². The third-order valence-corrected chi connectivity index (χ3v) is 2.63. The van der Waals surface area contributed by atoms with Crippen molar-refractivity contribution in [1.29, 1.82) is 0 Å². The van der Waals surface area contributed by atoms with E-state index in [1.165, 1.54) is 19.3 Å². The number of nitrogens with one attached hydrogen (secondary N) is 1. The van der Waals surface area contributed by atoms with Gasteiger partial charge in [-0.05, 0) is 18.6 Å². The Bertz CT molecular complexity index is 366. The fourth-order valence-corrected chi connectivity index (χ4v) is 1.70. The lowest BCUT2D eigenvalue weighted by Gasteiger charge is -2.10. The number of ether oxygens (including phenoxy) is 1. The molecule has 0 bridgehead atoms. The summed E-state index contributed by atoms with van der Waals surface area (Å²) in [5.41, 5.74) is 0.499. The molecule has 100 valence electrons. The molecule has 0 unspecified atom stereocenters. The minimum Gasteiger partial charge on any atom is -0.491 e. The minimum atomic E-state index is -1.08. The average molecular weight is 251 g/mol. The Morgan fingerprint density at radius 3 is 2.67 bits per heavy atom. The SMILES string of the molecule is CCCCCCCOc1ccccc1NC(=O)O. The third kappa shape index (κ3) is 5.57. The quantitative estimate of drug-likeness (QED) is 0.683. The van der Waals surface area contributed by atoms with Crippen LogP contribution in [0.2, 0.25) is 0 Å². The smallest absolute Gasteiger partial charge is 0.409 e. The number of anilines is 1. The van der Waals surface area contributed by atoms with E-state index < -0.39 is 6.09 Å². The number of unbranched alkanes of at least 4 members (excludes halogenated alkanes) is 4. The number of benzene rings is 1. The van der Waals surface area contributed by atoms with E-state index in [2.05, 4.69) is 12.2 Å². The van der Waals surface area contributed by atoms with Crippen molar-refractivity contribution >= 4 is 11.8 Å². The molecule has 1 aromatic carbocycles. The summed E-state index contributed by atoms with van der Waals surface area (Å²) in [6.07, 6.45) is 4.80. The lowest BCUT2D eigenvalue weighted by Crippen LogP contribution is -2.09. The number of carboxylic acid groups (broad SMARTS) is 1. The molecule has 1 rings (SSSR count). The maximum Gasteiger partial charge on any atom is 0.409 e. The summed E-state index contributed by atoms with van der Waals surface area (Å²) in [7, 11) is 0. The van der Waals surface area contributed by atoms with Crippen LogP contribution in [-0.2, 0) is 0 Å². The molecular weight excluding hydrogens is 230 g/mol. The van der Waals surface area contributed by atoms with Crippen molar-refractivity contribution in [2.75, 3.05) is 11.9 Å². The van der Waals surface area contributed by atoms with Crippen molar-refractivity contribution in [1.82, 2.24) is 0 Å². The number of rotatable bonds is 8. The van der Waals surface area contributed by atoms with Crippen LogP contribution in [0.5, 0.6) is 5.75 Å². The van der Waals surface area contributed by atoms with Gasteiger partial charge in [-0.2, -0.15) is 0 Å². The third-order valence-electron chi connectivity index (χ3n) is 2.63. The lowest BCUT2D eigenvalue weighted by atomic mass is 10.2. The first-order valence-electron chi connectivity index (χ1n) is 6.45. The predicted molar refractivity (Wildman–Crippen MR) is 72.3 cm³/mol. The summed E-state index contributed by atoms with van der Waals surface area (Å²) < 4.78 is 5.59. The highest BCUT2D eigenvalue weighted by molar-refractivity contribution is 5.85. The molecule has 18 heavy (non-hydrogen) atoms. The number of para-hydroxylation sites is 2. The zero-order chi connectivity index (χ0) is 13.2. The van der Waals surface area contributed by atoms with Crippen molar-refractivity contribution in [2.45, 2.75) is 39.0 Å². The monoisotopic (exact) mass is 251 g/mol. The van der Waals surface area contributed by atoms with Gasteiger partial charge in [0.05, 0.1) is 12.3 Å². The van der Waals surface area contributed by atoms with Crippen molar-refractivity contribution in [3.05, 3.63) is 24.3 Å². The maximum atomic E-state index is 10.6. The van der Waals surface area contributed by atoms with Crippen molar-refractivity contribution in [3.8, 4) is 5.75 Å². The Kier molecular flexibility index (Phi) is 6.69. The molecule has 4 nitrogen and oxygen atoms in total. The van der Waals surface area contributed by atoms with E-state index in [4.69, 9.17) is 9.84 Å². The van der Waals surface area contributed by atoms with Crippen LogP contribution in [0.15, 0.2) is 24.3 Å². The van der Waals surface area contributed by atoms with Gasteiger partial charge in [0, 0.05) is 0 Å². The Balaban J connectivity index is 2.34. The van der Waals surface area contributed by atoms with Crippen LogP contribution in [0.4, 0.5) is 10.5 Å². The molecular formula is C14H21NO3. The molecule has 1 aromatic rings. The zero-order valence-corrected chi connectivity index (χ0v) is 10.8. The van der Waals surface area contributed by atoms with Gasteiger partial charge in [0.25, 0.3) is 0 Å². The van der Waals surface area contributed by atoms with Crippen molar-refractivity contribution < 1.29 is 14.6 Å². The number of amides is 1. The summed E-state index contributed by atoms with van der Waals surface area (Å²) in [5.74, 6) is 0.593. The first-order valence-corrected chi connectivity index (χ1v) is 6.45. The van der Waals surface area contributed by atoms with Gasteiger partial charge in [0.2, 0.25) is 0 Å². The summed E-state index contributed by atoms with van der Waals surface area (Å²) in [5, 5.41) is 11.0. The van der Waals surface area contributed by atoms with Crippen LogP contribution >= 0.6 is 0 Å². The fraction of sp³-hybridized carbons (Fsp3) is 0.500. The second kappa shape index (κ2) is 8.39. The Hall–Kier alpha value is -1.71. The van der Waals surface area contributed by atoms with Gasteiger partial charge >= 0.3 is 6.09 Å². The Morgan fingerprint density at radius 1 is 1.22 bits per heavy atom. The molecule has 0 aliphatic rings. The minimum absolute atomic E-state index is 0.499. The summed E-state index contributed by atoms with van der Waals surface area (Å²) in [6, 6.07) is 7.08. The largest absolute Gasteiger partial charge is 0.491 e. The lowest BCUT2D eigenvalue weighted by molar-refractivity contribution is 0.209. The van der Waals surface area contributed by atoms with Gasteiger partial charge < -0.3 is 9.84 Å². The standard InChI is InChI=1S/C14H21NO3/c1-2-3-4-5-8-11-18-13-10-7-6-9-12(13)15-14(16)17/h6-7,9-10,15H,2-5,8,11H2,1H3,(H,16,17). The molecule has 0 fully saturated rings. The van der Waals surface area contributed by atoms with Gasteiger partial charge in [-0.25, -0.2) is 4.79 Å². The van der Waals surface area contributed by atoms with E-state index in [9.17, 15) is 4.79 Å². The van der Waals surface area contributed by atoms with Gasteiger partial charge in [-0.15, -0.1) is 0 Å². The van der Waals surface area contributed by atoms with Crippen LogP contribution in [0.25, 0.3) is 0 Å². The molecule has 4 heteroatoms. The van der Waals surface area contributed by atoms with Gasteiger partial charge in [-0.3, -0.25) is 5.32 Å².